The van der Waals surface area contributed by atoms with Crippen LogP contribution in [0.4, 0.5) is 0 Å². The number of aromatic nitrogens is 2. The van der Waals surface area contributed by atoms with Crippen LogP contribution < -0.4 is 4.72 Å². The molecule has 4 atom stereocenters. The van der Waals surface area contributed by atoms with Crippen molar-refractivity contribution >= 4 is 10.0 Å². The van der Waals surface area contributed by atoms with E-state index < -0.39 is 16.1 Å². The van der Waals surface area contributed by atoms with Gasteiger partial charge in [-0.1, -0.05) is 24.3 Å². The zero-order valence-electron chi connectivity index (χ0n) is 18.2. The number of rotatable bonds is 5. The van der Waals surface area contributed by atoms with Crippen molar-refractivity contribution in [2.24, 2.45) is 23.2 Å². The number of hydrogen-bond donors (Lipinski definition) is 2. The van der Waals surface area contributed by atoms with Gasteiger partial charge in [0, 0.05) is 11.1 Å². The lowest BCUT2D eigenvalue weighted by molar-refractivity contribution is -0.158. The molecule has 166 valence electrons. The van der Waals surface area contributed by atoms with E-state index >= 15 is 0 Å². The van der Waals surface area contributed by atoms with Crippen LogP contribution in [0.3, 0.4) is 0 Å². The van der Waals surface area contributed by atoms with Gasteiger partial charge in [-0.2, -0.15) is 0 Å². The molecular weight excluding hydrogens is 410 g/mol. The SMILES string of the molecule is CC1(NS(C)(=O)=O)C2CC3CC1CC(C(O)CC1c4ccccc4-c4cncn41)(C3)C2. The number of nitrogens with one attached hydrogen (secondary N) is 1. The van der Waals surface area contributed by atoms with Crippen LogP contribution in [0.2, 0.25) is 0 Å². The summed E-state index contributed by atoms with van der Waals surface area (Å²) < 4.78 is 29.4. The average Bonchev–Trinajstić information content (AvgIpc) is 3.27. The Hall–Kier alpha value is -1.70. The van der Waals surface area contributed by atoms with E-state index in [1.54, 1.807) is 0 Å². The Kier molecular flexibility index (Phi) is 4.13. The Morgan fingerprint density at radius 1 is 1.23 bits per heavy atom. The highest BCUT2D eigenvalue weighted by molar-refractivity contribution is 7.88. The number of imidazole rings is 1. The molecular formula is C24H31N3O3S. The van der Waals surface area contributed by atoms with Crippen molar-refractivity contribution < 1.29 is 13.5 Å². The summed E-state index contributed by atoms with van der Waals surface area (Å²) in [5.41, 5.74) is 3.13. The number of fused-ring (bicyclic) bond motifs is 3. The molecule has 4 bridgehead atoms. The minimum atomic E-state index is -3.27. The molecule has 7 rings (SSSR count). The van der Waals surface area contributed by atoms with Crippen LogP contribution >= 0.6 is 0 Å². The van der Waals surface area contributed by atoms with Crippen LogP contribution in [-0.2, 0) is 10.0 Å². The standard InChI is InChI=1S/C24H31N3O3S/c1-23(26-31(2,29)30)16-7-15-8-17(23)12-24(10-15,11-16)22(28)9-20-18-5-3-4-6-19(18)21-13-25-14-27(20)21/h3-6,13-17,20,22,26,28H,7-12H2,1-2H3. The Balaban J connectivity index is 1.30. The molecule has 0 amide bonds. The maximum absolute atomic E-state index is 12.1. The Morgan fingerprint density at radius 2 is 1.94 bits per heavy atom. The molecule has 4 aliphatic carbocycles. The second kappa shape index (κ2) is 6.42. The first-order valence-electron chi connectivity index (χ1n) is 11.5. The van der Waals surface area contributed by atoms with Gasteiger partial charge in [0.1, 0.15) is 0 Å². The lowest BCUT2D eigenvalue weighted by Crippen LogP contribution is -2.68. The van der Waals surface area contributed by atoms with E-state index in [4.69, 9.17) is 0 Å². The van der Waals surface area contributed by atoms with Gasteiger partial charge in [0.15, 0.2) is 0 Å². The van der Waals surface area contributed by atoms with E-state index in [9.17, 15) is 13.5 Å². The first-order chi connectivity index (χ1) is 14.7. The number of benzene rings is 1. The van der Waals surface area contributed by atoms with Crippen molar-refractivity contribution in [3.05, 3.63) is 42.4 Å². The van der Waals surface area contributed by atoms with Crippen LogP contribution in [0.25, 0.3) is 11.3 Å². The van der Waals surface area contributed by atoms with Crippen LogP contribution in [0.1, 0.15) is 57.1 Å². The molecule has 4 saturated carbocycles. The number of sulfonamides is 1. The summed E-state index contributed by atoms with van der Waals surface area (Å²) in [7, 11) is -3.27. The molecule has 0 spiro atoms. The molecule has 6 nitrogen and oxygen atoms in total. The van der Waals surface area contributed by atoms with Gasteiger partial charge >= 0.3 is 0 Å². The summed E-state index contributed by atoms with van der Waals surface area (Å²) in [6, 6.07) is 8.56. The van der Waals surface area contributed by atoms with E-state index in [1.165, 1.54) is 17.4 Å². The van der Waals surface area contributed by atoms with Gasteiger partial charge in [-0.25, -0.2) is 18.1 Å². The van der Waals surface area contributed by atoms with Crippen molar-refractivity contribution in [1.29, 1.82) is 0 Å². The lowest BCUT2D eigenvalue weighted by atomic mass is 9.43. The highest BCUT2D eigenvalue weighted by Crippen LogP contribution is 2.65. The van der Waals surface area contributed by atoms with Gasteiger partial charge in [-0.15, -0.1) is 0 Å². The van der Waals surface area contributed by atoms with E-state index in [1.807, 2.05) is 12.5 Å². The Bertz CT molecular complexity index is 1120. The fourth-order valence-corrected chi connectivity index (χ4v) is 9.03. The molecule has 0 radical (unpaired) electrons. The van der Waals surface area contributed by atoms with E-state index in [-0.39, 0.29) is 17.0 Å². The maximum atomic E-state index is 12.1. The van der Waals surface area contributed by atoms with Crippen LogP contribution in [0.5, 0.6) is 0 Å². The highest BCUT2D eigenvalue weighted by Gasteiger charge is 2.62. The molecule has 2 heterocycles. The van der Waals surface area contributed by atoms with Crippen molar-refractivity contribution in [1.82, 2.24) is 14.3 Å². The van der Waals surface area contributed by atoms with Crippen molar-refractivity contribution in [2.75, 3.05) is 6.26 Å². The number of nitrogens with zero attached hydrogens (tertiary/aromatic N) is 2. The molecule has 5 aliphatic rings. The minimum absolute atomic E-state index is 0.104. The Morgan fingerprint density at radius 3 is 2.65 bits per heavy atom. The van der Waals surface area contributed by atoms with Crippen LogP contribution in [0.15, 0.2) is 36.8 Å². The number of aliphatic hydroxyl groups is 1. The fourth-order valence-electron chi connectivity index (χ4n) is 7.90. The van der Waals surface area contributed by atoms with Gasteiger partial charge < -0.3 is 9.67 Å². The molecule has 1 aromatic heterocycles. The van der Waals surface area contributed by atoms with Crippen molar-refractivity contribution in [3.8, 4) is 11.3 Å². The van der Waals surface area contributed by atoms with Gasteiger partial charge in [0.25, 0.3) is 0 Å². The van der Waals surface area contributed by atoms with Gasteiger partial charge in [-0.05, 0) is 74.2 Å². The normalized spacial score (nSPS) is 38.8. The summed E-state index contributed by atoms with van der Waals surface area (Å²) in [5.74, 6) is 1.19. The van der Waals surface area contributed by atoms with E-state index in [0.29, 0.717) is 24.2 Å². The minimum Gasteiger partial charge on any atom is -0.392 e. The lowest BCUT2D eigenvalue weighted by Gasteiger charge is -2.65. The third-order valence-electron chi connectivity index (χ3n) is 9.09. The van der Waals surface area contributed by atoms with Crippen molar-refractivity contribution in [3.63, 3.8) is 0 Å². The molecule has 4 unspecified atom stereocenters. The average molecular weight is 442 g/mol. The summed E-state index contributed by atoms with van der Waals surface area (Å²) >= 11 is 0. The molecule has 31 heavy (non-hydrogen) atoms. The first-order valence-corrected chi connectivity index (χ1v) is 13.4. The molecule has 4 fully saturated rings. The Labute approximate surface area is 184 Å². The molecule has 1 aliphatic heterocycles. The smallest absolute Gasteiger partial charge is 0.209 e. The molecule has 0 saturated heterocycles. The highest BCUT2D eigenvalue weighted by atomic mass is 32.2. The van der Waals surface area contributed by atoms with Crippen molar-refractivity contribution in [2.45, 2.75) is 63.1 Å². The fraction of sp³-hybridized carbons (Fsp3) is 0.625. The van der Waals surface area contributed by atoms with E-state index in [0.717, 1.165) is 37.8 Å². The predicted molar refractivity (Wildman–Crippen MR) is 119 cm³/mol. The van der Waals surface area contributed by atoms with Crippen LogP contribution in [0, 0.1) is 23.2 Å². The second-order valence-corrected chi connectivity index (χ2v) is 12.7. The molecule has 2 N–H and O–H groups in total. The summed E-state index contributed by atoms with van der Waals surface area (Å²) in [6.07, 6.45) is 10.4. The summed E-state index contributed by atoms with van der Waals surface area (Å²) in [4.78, 5) is 4.36. The zero-order chi connectivity index (χ0) is 21.6. The molecule has 7 heteroatoms. The van der Waals surface area contributed by atoms with Gasteiger partial charge in [-0.3, -0.25) is 0 Å². The quantitative estimate of drug-likeness (QED) is 0.745. The third-order valence-corrected chi connectivity index (χ3v) is 9.90. The third kappa shape index (κ3) is 2.89. The maximum Gasteiger partial charge on any atom is 0.209 e. The van der Waals surface area contributed by atoms with E-state index in [2.05, 4.69) is 45.5 Å². The largest absolute Gasteiger partial charge is 0.392 e. The molecule has 1 aromatic carbocycles. The summed E-state index contributed by atoms with van der Waals surface area (Å²) in [5, 5.41) is 11.7. The first kappa shape index (κ1) is 19.9. The number of aliphatic hydroxyl groups excluding tert-OH is 1. The van der Waals surface area contributed by atoms with Crippen LogP contribution in [-0.4, -0.2) is 41.0 Å². The zero-order valence-corrected chi connectivity index (χ0v) is 19.0. The molecule has 2 aromatic rings. The van der Waals surface area contributed by atoms with Gasteiger partial charge in [0.2, 0.25) is 10.0 Å². The van der Waals surface area contributed by atoms with Gasteiger partial charge in [0.05, 0.1) is 36.6 Å². The number of hydrogen-bond acceptors (Lipinski definition) is 4. The summed E-state index contributed by atoms with van der Waals surface area (Å²) in [6.45, 7) is 2.10. The topological polar surface area (TPSA) is 84.2 Å². The second-order valence-electron chi connectivity index (χ2n) is 10.9. The predicted octanol–water partition coefficient (Wildman–Crippen LogP) is 3.34. The monoisotopic (exact) mass is 441 g/mol.